The van der Waals surface area contributed by atoms with Crippen molar-refractivity contribution in [1.29, 1.82) is 5.26 Å². The molecule has 1 rings (SSSR count). The first kappa shape index (κ1) is 9.50. The predicted octanol–water partition coefficient (Wildman–Crippen LogP) is 1.92. The quantitative estimate of drug-likeness (QED) is 0.757. The van der Waals surface area contributed by atoms with Crippen LogP contribution in [-0.2, 0) is 0 Å². The van der Waals surface area contributed by atoms with Gasteiger partial charge in [0, 0.05) is 0 Å². The Labute approximate surface area is 78.3 Å². The molecule has 1 aromatic rings. The standard InChI is InChI=1S/C11H12N2/c1-9(6-7-12)11-5-3-2-4-10(11)8-13/h2-5H,1,6-7,12H2. The Morgan fingerprint density at radius 2 is 2.15 bits per heavy atom. The van der Waals surface area contributed by atoms with Crippen LogP contribution in [0.25, 0.3) is 5.57 Å². The van der Waals surface area contributed by atoms with Gasteiger partial charge in [-0.25, -0.2) is 0 Å². The minimum absolute atomic E-state index is 0.568. The maximum Gasteiger partial charge on any atom is 0.0998 e. The zero-order valence-corrected chi connectivity index (χ0v) is 7.46. The summed E-state index contributed by atoms with van der Waals surface area (Å²) in [5.74, 6) is 0. The van der Waals surface area contributed by atoms with E-state index >= 15 is 0 Å². The number of rotatable bonds is 3. The van der Waals surface area contributed by atoms with Crippen LogP contribution in [0.5, 0.6) is 0 Å². The number of hydrogen-bond acceptors (Lipinski definition) is 2. The third-order valence-electron chi connectivity index (χ3n) is 1.87. The Bertz CT molecular complexity index is 347. The van der Waals surface area contributed by atoms with Gasteiger partial charge in [0.05, 0.1) is 11.6 Å². The molecule has 1 aromatic carbocycles. The summed E-state index contributed by atoms with van der Waals surface area (Å²) >= 11 is 0. The minimum atomic E-state index is 0.568. The average molecular weight is 172 g/mol. The van der Waals surface area contributed by atoms with E-state index in [4.69, 9.17) is 11.0 Å². The van der Waals surface area contributed by atoms with Crippen molar-refractivity contribution in [2.45, 2.75) is 6.42 Å². The van der Waals surface area contributed by atoms with E-state index in [1.54, 1.807) is 6.07 Å². The van der Waals surface area contributed by atoms with Gasteiger partial charge in [-0.2, -0.15) is 5.26 Å². The van der Waals surface area contributed by atoms with Crippen LogP contribution in [0.3, 0.4) is 0 Å². The first-order valence-electron chi connectivity index (χ1n) is 4.17. The molecule has 0 amide bonds. The summed E-state index contributed by atoms with van der Waals surface area (Å²) in [5, 5.41) is 8.81. The second-order valence-corrected chi connectivity index (χ2v) is 2.80. The fraction of sp³-hybridized carbons (Fsp3) is 0.182. The second kappa shape index (κ2) is 4.44. The largest absolute Gasteiger partial charge is 0.330 e. The van der Waals surface area contributed by atoms with Gasteiger partial charge in [0.2, 0.25) is 0 Å². The summed E-state index contributed by atoms with van der Waals surface area (Å²) in [7, 11) is 0. The average Bonchev–Trinajstić information content (AvgIpc) is 2.18. The predicted molar refractivity (Wildman–Crippen MR) is 53.9 cm³/mol. The molecule has 0 radical (unpaired) electrons. The number of nitriles is 1. The summed E-state index contributed by atoms with van der Waals surface area (Å²) in [6, 6.07) is 9.57. The lowest BCUT2D eigenvalue weighted by Crippen LogP contribution is -2.00. The second-order valence-electron chi connectivity index (χ2n) is 2.80. The van der Waals surface area contributed by atoms with Crippen molar-refractivity contribution in [2.24, 2.45) is 5.73 Å². The van der Waals surface area contributed by atoms with E-state index in [0.29, 0.717) is 12.1 Å². The molecule has 66 valence electrons. The van der Waals surface area contributed by atoms with E-state index in [2.05, 4.69) is 12.6 Å². The molecule has 0 aliphatic heterocycles. The highest BCUT2D eigenvalue weighted by Crippen LogP contribution is 2.18. The number of benzene rings is 1. The Balaban J connectivity index is 3.01. The van der Waals surface area contributed by atoms with Crippen molar-refractivity contribution in [2.75, 3.05) is 6.54 Å². The van der Waals surface area contributed by atoms with Crippen LogP contribution in [0.15, 0.2) is 30.8 Å². The zero-order valence-electron chi connectivity index (χ0n) is 7.46. The summed E-state index contributed by atoms with van der Waals surface area (Å²) in [4.78, 5) is 0. The highest BCUT2D eigenvalue weighted by atomic mass is 14.5. The molecule has 0 unspecified atom stereocenters. The van der Waals surface area contributed by atoms with Gasteiger partial charge in [0.15, 0.2) is 0 Å². The van der Waals surface area contributed by atoms with E-state index in [-0.39, 0.29) is 0 Å². The van der Waals surface area contributed by atoms with Gasteiger partial charge < -0.3 is 5.73 Å². The summed E-state index contributed by atoms with van der Waals surface area (Å²) in [6.07, 6.45) is 0.735. The van der Waals surface area contributed by atoms with Gasteiger partial charge in [0.25, 0.3) is 0 Å². The molecule has 0 saturated carbocycles. The van der Waals surface area contributed by atoms with Gasteiger partial charge in [-0.3, -0.25) is 0 Å². The highest BCUT2D eigenvalue weighted by Gasteiger charge is 2.02. The van der Waals surface area contributed by atoms with E-state index in [1.807, 2.05) is 18.2 Å². The van der Waals surface area contributed by atoms with Crippen LogP contribution in [-0.4, -0.2) is 6.54 Å². The summed E-state index contributed by atoms with van der Waals surface area (Å²) < 4.78 is 0. The Hall–Kier alpha value is -1.59. The van der Waals surface area contributed by atoms with Crippen molar-refractivity contribution in [3.05, 3.63) is 42.0 Å². The molecule has 0 atom stereocenters. The fourth-order valence-corrected chi connectivity index (χ4v) is 1.20. The first-order valence-corrected chi connectivity index (χ1v) is 4.17. The molecular weight excluding hydrogens is 160 g/mol. The molecule has 0 aliphatic rings. The molecule has 2 N–H and O–H groups in total. The monoisotopic (exact) mass is 172 g/mol. The van der Waals surface area contributed by atoms with Crippen LogP contribution >= 0.6 is 0 Å². The molecule has 2 heteroatoms. The Morgan fingerprint density at radius 1 is 1.46 bits per heavy atom. The molecule has 13 heavy (non-hydrogen) atoms. The maximum absolute atomic E-state index is 8.81. The molecule has 0 aromatic heterocycles. The van der Waals surface area contributed by atoms with Crippen LogP contribution < -0.4 is 5.73 Å². The zero-order chi connectivity index (χ0) is 9.68. The van der Waals surface area contributed by atoms with E-state index < -0.39 is 0 Å². The lowest BCUT2D eigenvalue weighted by molar-refractivity contribution is 1.02. The smallest absolute Gasteiger partial charge is 0.0998 e. The summed E-state index contributed by atoms with van der Waals surface area (Å²) in [5.41, 5.74) is 7.92. The fourth-order valence-electron chi connectivity index (χ4n) is 1.20. The highest BCUT2D eigenvalue weighted by molar-refractivity contribution is 5.68. The van der Waals surface area contributed by atoms with Gasteiger partial charge in [-0.05, 0) is 30.2 Å². The Kier molecular flexibility index (Phi) is 3.24. The van der Waals surface area contributed by atoms with Crippen molar-refractivity contribution < 1.29 is 0 Å². The molecule has 0 bridgehead atoms. The van der Waals surface area contributed by atoms with Crippen LogP contribution in [0, 0.1) is 11.3 Å². The number of nitrogens with two attached hydrogens (primary N) is 1. The molecule has 0 spiro atoms. The molecule has 0 saturated heterocycles. The van der Waals surface area contributed by atoms with Crippen molar-refractivity contribution in [3.63, 3.8) is 0 Å². The van der Waals surface area contributed by atoms with Crippen molar-refractivity contribution >= 4 is 5.57 Å². The lowest BCUT2D eigenvalue weighted by Gasteiger charge is -2.05. The maximum atomic E-state index is 8.81. The third-order valence-corrected chi connectivity index (χ3v) is 1.87. The van der Waals surface area contributed by atoms with Crippen LogP contribution in [0.4, 0.5) is 0 Å². The molecular formula is C11H12N2. The molecule has 0 aliphatic carbocycles. The van der Waals surface area contributed by atoms with Crippen LogP contribution in [0.1, 0.15) is 17.5 Å². The van der Waals surface area contributed by atoms with Gasteiger partial charge in [-0.1, -0.05) is 24.8 Å². The normalized spacial score (nSPS) is 9.23. The van der Waals surface area contributed by atoms with Crippen molar-refractivity contribution in [3.8, 4) is 6.07 Å². The summed E-state index contributed by atoms with van der Waals surface area (Å²) in [6.45, 7) is 4.46. The lowest BCUT2D eigenvalue weighted by atomic mass is 9.99. The van der Waals surface area contributed by atoms with Gasteiger partial charge >= 0.3 is 0 Å². The van der Waals surface area contributed by atoms with Gasteiger partial charge in [0.1, 0.15) is 0 Å². The molecule has 0 heterocycles. The first-order chi connectivity index (χ1) is 6.29. The van der Waals surface area contributed by atoms with E-state index in [1.165, 1.54) is 0 Å². The van der Waals surface area contributed by atoms with Gasteiger partial charge in [-0.15, -0.1) is 0 Å². The minimum Gasteiger partial charge on any atom is -0.330 e. The number of nitrogens with zero attached hydrogens (tertiary/aromatic N) is 1. The van der Waals surface area contributed by atoms with E-state index in [9.17, 15) is 0 Å². The SMILES string of the molecule is C=C(CCN)c1ccccc1C#N. The number of hydrogen-bond donors (Lipinski definition) is 1. The van der Waals surface area contributed by atoms with Crippen LogP contribution in [0.2, 0.25) is 0 Å². The van der Waals surface area contributed by atoms with Crippen molar-refractivity contribution in [1.82, 2.24) is 0 Å². The third kappa shape index (κ3) is 2.17. The van der Waals surface area contributed by atoms with E-state index in [0.717, 1.165) is 17.6 Å². The molecule has 0 fully saturated rings. The topological polar surface area (TPSA) is 49.8 Å². The molecule has 2 nitrogen and oxygen atoms in total. The Morgan fingerprint density at radius 3 is 2.77 bits per heavy atom.